The lowest BCUT2D eigenvalue weighted by Gasteiger charge is -2.47. The largest absolute Gasteiger partial charge is 0.489 e. The van der Waals surface area contributed by atoms with Gasteiger partial charge in [-0.2, -0.15) is 0 Å². The molecule has 0 amide bonds. The molecular weight excluding hydrogens is 260 g/mol. The van der Waals surface area contributed by atoms with Gasteiger partial charge in [-0.15, -0.1) is 0 Å². The van der Waals surface area contributed by atoms with E-state index in [4.69, 9.17) is 14.6 Å². The fourth-order valence-corrected chi connectivity index (χ4v) is 3.06. The first-order valence-electron chi connectivity index (χ1n) is 6.84. The number of carboxylic acid groups (broad SMARTS) is 1. The molecule has 6 heteroatoms. The first-order valence-corrected chi connectivity index (χ1v) is 6.84. The highest BCUT2D eigenvalue weighted by molar-refractivity contribution is 5.69. The van der Waals surface area contributed by atoms with E-state index in [9.17, 15) is 4.79 Å². The molecule has 3 heterocycles. The predicted molar refractivity (Wildman–Crippen MR) is 70.6 cm³/mol. The highest BCUT2D eigenvalue weighted by atomic mass is 16.5. The van der Waals surface area contributed by atoms with E-state index < -0.39 is 5.97 Å². The van der Waals surface area contributed by atoms with Gasteiger partial charge in [-0.25, -0.2) is 0 Å². The Morgan fingerprint density at radius 2 is 2.20 bits per heavy atom. The molecule has 1 aromatic rings. The number of fused-ring (bicyclic) bond motifs is 2. The van der Waals surface area contributed by atoms with E-state index in [1.807, 2.05) is 17.0 Å². The minimum absolute atomic E-state index is 0.0817. The van der Waals surface area contributed by atoms with Gasteiger partial charge in [-0.1, -0.05) is 0 Å². The Morgan fingerprint density at radius 1 is 1.45 bits per heavy atom. The molecule has 2 fully saturated rings. The van der Waals surface area contributed by atoms with E-state index in [0.29, 0.717) is 13.2 Å². The van der Waals surface area contributed by atoms with Crippen LogP contribution >= 0.6 is 0 Å². The number of aliphatic carboxylic acids is 1. The van der Waals surface area contributed by atoms with Gasteiger partial charge in [0.2, 0.25) is 0 Å². The highest BCUT2D eigenvalue weighted by Crippen LogP contribution is 2.29. The van der Waals surface area contributed by atoms with Gasteiger partial charge in [-0.05, 0) is 12.1 Å². The second kappa shape index (κ2) is 5.76. The summed E-state index contributed by atoms with van der Waals surface area (Å²) in [7, 11) is 0. The van der Waals surface area contributed by atoms with Crippen molar-refractivity contribution in [1.82, 2.24) is 9.88 Å². The van der Waals surface area contributed by atoms with Gasteiger partial charge < -0.3 is 14.6 Å². The molecule has 2 aliphatic heterocycles. The fourth-order valence-electron chi connectivity index (χ4n) is 3.06. The summed E-state index contributed by atoms with van der Waals surface area (Å²) in [6.45, 7) is 1.24. The zero-order valence-electron chi connectivity index (χ0n) is 11.1. The zero-order valence-corrected chi connectivity index (χ0v) is 11.1. The summed E-state index contributed by atoms with van der Waals surface area (Å²) in [5.41, 5.74) is 0. The Bertz CT molecular complexity index is 454. The molecular formula is C14H18N2O4. The van der Waals surface area contributed by atoms with Gasteiger partial charge in [0, 0.05) is 31.1 Å². The van der Waals surface area contributed by atoms with Crippen molar-refractivity contribution >= 4 is 5.97 Å². The van der Waals surface area contributed by atoms with Crippen LogP contribution in [0.15, 0.2) is 24.5 Å². The summed E-state index contributed by atoms with van der Waals surface area (Å²) < 4.78 is 11.5. The van der Waals surface area contributed by atoms with E-state index >= 15 is 0 Å². The van der Waals surface area contributed by atoms with Gasteiger partial charge in [0.05, 0.1) is 26.0 Å². The minimum Gasteiger partial charge on any atom is -0.489 e. The highest BCUT2D eigenvalue weighted by Gasteiger charge is 2.40. The van der Waals surface area contributed by atoms with Crippen LogP contribution in [-0.4, -0.2) is 58.9 Å². The van der Waals surface area contributed by atoms with Crippen LogP contribution in [0.25, 0.3) is 0 Å². The molecule has 2 atom stereocenters. The van der Waals surface area contributed by atoms with Gasteiger partial charge in [0.15, 0.2) is 0 Å². The van der Waals surface area contributed by atoms with Crippen LogP contribution in [0.3, 0.4) is 0 Å². The van der Waals surface area contributed by atoms with E-state index in [1.165, 1.54) is 0 Å². The monoisotopic (exact) mass is 278 g/mol. The summed E-state index contributed by atoms with van der Waals surface area (Å²) in [5.74, 6) is -0.0169. The van der Waals surface area contributed by atoms with Crippen molar-refractivity contribution in [2.24, 2.45) is 0 Å². The molecule has 2 unspecified atom stereocenters. The van der Waals surface area contributed by atoms with Crippen LogP contribution in [0.5, 0.6) is 5.75 Å². The lowest BCUT2D eigenvalue weighted by Crippen LogP contribution is -2.60. The third-order valence-electron chi connectivity index (χ3n) is 3.88. The van der Waals surface area contributed by atoms with Crippen molar-refractivity contribution in [3.8, 4) is 5.75 Å². The molecule has 1 N–H and O–H groups in total. The maximum absolute atomic E-state index is 10.9. The molecule has 0 aromatic carbocycles. The second-order valence-electron chi connectivity index (χ2n) is 5.31. The number of morpholine rings is 1. The summed E-state index contributed by atoms with van der Waals surface area (Å²) in [6.07, 6.45) is 5.10. The van der Waals surface area contributed by atoms with Crippen LogP contribution < -0.4 is 4.74 Å². The van der Waals surface area contributed by atoms with Crippen molar-refractivity contribution in [1.29, 1.82) is 0 Å². The quantitative estimate of drug-likeness (QED) is 0.877. The maximum Gasteiger partial charge on any atom is 0.317 e. The molecule has 0 aliphatic carbocycles. The van der Waals surface area contributed by atoms with E-state index in [-0.39, 0.29) is 24.7 Å². The van der Waals surface area contributed by atoms with Crippen LogP contribution in [-0.2, 0) is 9.53 Å². The van der Waals surface area contributed by atoms with E-state index in [1.54, 1.807) is 12.4 Å². The van der Waals surface area contributed by atoms with Crippen LogP contribution in [0.2, 0.25) is 0 Å². The number of carboxylic acids is 1. The van der Waals surface area contributed by atoms with Crippen molar-refractivity contribution < 1.29 is 19.4 Å². The molecule has 20 heavy (non-hydrogen) atoms. The summed E-state index contributed by atoms with van der Waals surface area (Å²) in [6, 6.07) is 3.99. The number of carbonyl (C=O) groups is 1. The minimum atomic E-state index is -0.784. The Kier molecular flexibility index (Phi) is 3.84. The number of hydrogen-bond acceptors (Lipinski definition) is 5. The number of ether oxygens (including phenoxy) is 2. The maximum atomic E-state index is 10.9. The molecule has 6 nitrogen and oxygen atoms in total. The smallest absolute Gasteiger partial charge is 0.317 e. The average Bonchev–Trinajstić information content (AvgIpc) is 2.40. The molecule has 0 saturated carbocycles. The van der Waals surface area contributed by atoms with Gasteiger partial charge in [0.25, 0.3) is 0 Å². The number of nitrogens with zero attached hydrogens (tertiary/aromatic N) is 2. The number of hydrogen-bond donors (Lipinski definition) is 1. The van der Waals surface area contributed by atoms with E-state index in [0.717, 1.165) is 18.6 Å². The molecule has 2 saturated heterocycles. The van der Waals surface area contributed by atoms with Crippen molar-refractivity contribution in [3.05, 3.63) is 24.5 Å². The van der Waals surface area contributed by atoms with Crippen molar-refractivity contribution in [3.63, 3.8) is 0 Å². The fraction of sp³-hybridized carbons (Fsp3) is 0.571. The van der Waals surface area contributed by atoms with Gasteiger partial charge in [-0.3, -0.25) is 14.7 Å². The normalized spacial score (nSPS) is 29.9. The molecule has 108 valence electrons. The number of aromatic nitrogens is 1. The number of piperidine rings is 1. The zero-order chi connectivity index (χ0) is 13.9. The molecule has 3 rings (SSSR count). The third kappa shape index (κ3) is 2.91. The second-order valence-corrected chi connectivity index (χ2v) is 5.31. The summed E-state index contributed by atoms with van der Waals surface area (Å²) in [5, 5.41) is 9.00. The predicted octanol–water partition coefficient (Wildman–Crippen LogP) is 0.777. The molecule has 2 bridgehead atoms. The standard InChI is InChI=1S/C14H18N2O4/c17-14(18)7-16-10-4-13(5-11(16)9-19-8-10)20-12-2-1-3-15-6-12/h1-3,6,10-11,13H,4-5,7-9H2,(H,17,18). The first kappa shape index (κ1) is 13.3. The lowest BCUT2D eigenvalue weighted by atomic mass is 9.92. The van der Waals surface area contributed by atoms with Crippen molar-refractivity contribution in [2.45, 2.75) is 31.0 Å². The Balaban J connectivity index is 1.66. The molecule has 1 aromatic heterocycles. The summed E-state index contributed by atoms with van der Waals surface area (Å²) >= 11 is 0. The molecule has 0 spiro atoms. The van der Waals surface area contributed by atoms with Gasteiger partial charge >= 0.3 is 5.97 Å². The number of pyridine rings is 1. The van der Waals surface area contributed by atoms with E-state index in [2.05, 4.69) is 4.98 Å². The summed E-state index contributed by atoms with van der Waals surface area (Å²) in [4.78, 5) is 17.0. The number of rotatable bonds is 4. The van der Waals surface area contributed by atoms with Crippen LogP contribution in [0, 0.1) is 0 Å². The van der Waals surface area contributed by atoms with Crippen molar-refractivity contribution in [2.75, 3.05) is 19.8 Å². The Morgan fingerprint density at radius 3 is 2.80 bits per heavy atom. The van der Waals surface area contributed by atoms with Gasteiger partial charge in [0.1, 0.15) is 11.9 Å². The Labute approximate surface area is 117 Å². The Hall–Kier alpha value is -1.66. The third-order valence-corrected chi connectivity index (χ3v) is 3.88. The first-order chi connectivity index (χ1) is 9.72. The SMILES string of the molecule is O=C(O)CN1C2COCC1CC(Oc1cccnc1)C2. The lowest BCUT2D eigenvalue weighted by molar-refractivity contribution is -0.148. The molecule has 2 aliphatic rings. The topological polar surface area (TPSA) is 71.9 Å². The molecule has 0 radical (unpaired) electrons. The van der Waals surface area contributed by atoms with Crippen LogP contribution in [0.1, 0.15) is 12.8 Å². The average molecular weight is 278 g/mol. The van der Waals surface area contributed by atoms with Crippen LogP contribution in [0.4, 0.5) is 0 Å².